The molecule has 0 saturated carbocycles. The van der Waals surface area contributed by atoms with Gasteiger partial charge in [-0.25, -0.2) is 0 Å². The fourth-order valence-electron chi connectivity index (χ4n) is 2.90. The van der Waals surface area contributed by atoms with Gasteiger partial charge in [0.25, 0.3) is 0 Å². The molecule has 1 saturated heterocycles. The lowest BCUT2D eigenvalue weighted by molar-refractivity contribution is 0.215. The lowest BCUT2D eigenvalue weighted by Crippen LogP contribution is -2.36. The van der Waals surface area contributed by atoms with E-state index in [4.69, 9.17) is 0 Å². The van der Waals surface area contributed by atoms with Crippen LogP contribution in [-0.4, -0.2) is 62.2 Å². The zero-order valence-corrected chi connectivity index (χ0v) is 12.4. The fourth-order valence-corrected chi connectivity index (χ4v) is 2.90. The standard InChI is InChI=1S/C14H31N3/c1-6-15-9-7-8-13(3)17-10-12(2)14(11-17)16(4)5/h12-15H,6-11H2,1-5H3. The maximum atomic E-state index is 3.40. The van der Waals surface area contributed by atoms with Crippen LogP contribution in [0.2, 0.25) is 0 Å². The van der Waals surface area contributed by atoms with Crippen LogP contribution in [0.15, 0.2) is 0 Å². The molecule has 17 heavy (non-hydrogen) atoms. The topological polar surface area (TPSA) is 18.5 Å². The molecule has 3 unspecified atom stereocenters. The second kappa shape index (κ2) is 7.34. The second-order valence-corrected chi connectivity index (χ2v) is 5.81. The SMILES string of the molecule is CCNCCCC(C)N1CC(C)C(N(C)C)C1. The molecule has 3 atom stereocenters. The van der Waals surface area contributed by atoms with Crippen LogP contribution in [0.4, 0.5) is 0 Å². The number of hydrogen-bond donors (Lipinski definition) is 1. The molecule has 3 heteroatoms. The zero-order chi connectivity index (χ0) is 12.8. The van der Waals surface area contributed by atoms with Gasteiger partial charge in [-0.3, -0.25) is 4.90 Å². The van der Waals surface area contributed by atoms with Crippen molar-refractivity contribution in [2.45, 2.75) is 45.7 Å². The summed E-state index contributed by atoms with van der Waals surface area (Å²) in [6, 6.07) is 1.48. The van der Waals surface area contributed by atoms with Gasteiger partial charge in [-0.05, 0) is 52.9 Å². The fraction of sp³-hybridized carbons (Fsp3) is 1.00. The Bertz CT molecular complexity index is 206. The van der Waals surface area contributed by atoms with E-state index < -0.39 is 0 Å². The molecule has 1 aliphatic heterocycles. The van der Waals surface area contributed by atoms with E-state index in [0.717, 1.165) is 24.5 Å². The number of rotatable bonds is 7. The molecule has 0 aliphatic carbocycles. The number of likely N-dealkylation sites (tertiary alicyclic amines) is 1. The Labute approximate surface area is 108 Å². The van der Waals surface area contributed by atoms with Gasteiger partial charge in [-0.1, -0.05) is 13.8 Å². The van der Waals surface area contributed by atoms with Crippen molar-refractivity contribution in [2.24, 2.45) is 5.92 Å². The second-order valence-electron chi connectivity index (χ2n) is 5.81. The average Bonchev–Trinajstić information content (AvgIpc) is 2.66. The van der Waals surface area contributed by atoms with E-state index in [0.29, 0.717) is 0 Å². The van der Waals surface area contributed by atoms with E-state index in [1.807, 2.05) is 0 Å². The molecule has 102 valence electrons. The molecule has 0 aromatic heterocycles. The summed E-state index contributed by atoms with van der Waals surface area (Å²) in [6.45, 7) is 11.7. The number of likely N-dealkylation sites (N-methyl/N-ethyl adjacent to an activating group) is 1. The van der Waals surface area contributed by atoms with Crippen molar-refractivity contribution in [3.05, 3.63) is 0 Å². The molecule has 1 aliphatic rings. The molecule has 0 aromatic rings. The number of nitrogens with one attached hydrogen (secondary N) is 1. The van der Waals surface area contributed by atoms with Gasteiger partial charge in [0, 0.05) is 25.2 Å². The van der Waals surface area contributed by atoms with Crippen LogP contribution in [0.5, 0.6) is 0 Å². The molecular weight excluding hydrogens is 210 g/mol. The van der Waals surface area contributed by atoms with E-state index in [1.165, 1.54) is 32.5 Å². The van der Waals surface area contributed by atoms with E-state index >= 15 is 0 Å². The molecule has 0 bridgehead atoms. The highest BCUT2D eigenvalue weighted by Crippen LogP contribution is 2.23. The summed E-state index contributed by atoms with van der Waals surface area (Å²) in [5.74, 6) is 0.807. The van der Waals surface area contributed by atoms with Crippen LogP contribution in [0.3, 0.4) is 0 Å². The predicted molar refractivity (Wildman–Crippen MR) is 75.5 cm³/mol. The highest BCUT2D eigenvalue weighted by molar-refractivity contribution is 4.88. The Morgan fingerprint density at radius 2 is 2.06 bits per heavy atom. The summed E-state index contributed by atoms with van der Waals surface area (Å²) >= 11 is 0. The Kier molecular flexibility index (Phi) is 6.45. The first-order valence-corrected chi connectivity index (χ1v) is 7.17. The van der Waals surface area contributed by atoms with Gasteiger partial charge < -0.3 is 10.2 Å². The van der Waals surface area contributed by atoms with E-state index in [9.17, 15) is 0 Å². The van der Waals surface area contributed by atoms with Gasteiger partial charge in [-0.15, -0.1) is 0 Å². The minimum absolute atomic E-state index is 0.737. The Morgan fingerprint density at radius 1 is 1.35 bits per heavy atom. The molecule has 0 spiro atoms. The predicted octanol–water partition coefficient (Wildman–Crippen LogP) is 1.65. The maximum Gasteiger partial charge on any atom is 0.0254 e. The smallest absolute Gasteiger partial charge is 0.0254 e. The maximum absolute atomic E-state index is 3.40. The first-order chi connectivity index (χ1) is 8.06. The molecular formula is C14H31N3. The minimum Gasteiger partial charge on any atom is -0.317 e. The van der Waals surface area contributed by atoms with Crippen molar-refractivity contribution in [1.82, 2.24) is 15.1 Å². The van der Waals surface area contributed by atoms with E-state index in [1.54, 1.807) is 0 Å². The first kappa shape index (κ1) is 14.9. The third-order valence-corrected chi connectivity index (χ3v) is 4.11. The van der Waals surface area contributed by atoms with Crippen molar-refractivity contribution >= 4 is 0 Å². The first-order valence-electron chi connectivity index (χ1n) is 7.17. The molecule has 1 rings (SSSR count). The van der Waals surface area contributed by atoms with Crippen molar-refractivity contribution in [3.63, 3.8) is 0 Å². The van der Waals surface area contributed by atoms with Crippen molar-refractivity contribution in [3.8, 4) is 0 Å². The van der Waals surface area contributed by atoms with Gasteiger partial charge in [0.15, 0.2) is 0 Å². The van der Waals surface area contributed by atoms with Gasteiger partial charge >= 0.3 is 0 Å². The van der Waals surface area contributed by atoms with E-state index in [2.05, 4.69) is 50.0 Å². The Morgan fingerprint density at radius 3 is 2.59 bits per heavy atom. The third kappa shape index (κ3) is 4.57. The van der Waals surface area contributed by atoms with Gasteiger partial charge in [0.2, 0.25) is 0 Å². The van der Waals surface area contributed by atoms with Crippen LogP contribution in [0.1, 0.15) is 33.6 Å². The summed E-state index contributed by atoms with van der Waals surface area (Å²) < 4.78 is 0. The van der Waals surface area contributed by atoms with Gasteiger partial charge in [-0.2, -0.15) is 0 Å². The highest BCUT2D eigenvalue weighted by Gasteiger charge is 2.32. The van der Waals surface area contributed by atoms with Gasteiger partial charge in [0.1, 0.15) is 0 Å². The van der Waals surface area contributed by atoms with Crippen LogP contribution in [0, 0.1) is 5.92 Å². The van der Waals surface area contributed by atoms with E-state index in [-0.39, 0.29) is 0 Å². The van der Waals surface area contributed by atoms with Crippen LogP contribution in [0.25, 0.3) is 0 Å². The van der Waals surface area contributed by atoms with Crippen molar-refractivity contribution in [2.75, 3.05) is 40.3 Å². The lowest BCUT2D eigenvalue weighted by atomic mass is 10.1. The minimum atomic E-state index is 0.737. The normalized spacial score (nSPS) is 27.9. The van der Waals surface area contributed by atoms with Crippen molar-refractivity contribution < 1.29 is 0 Å². The molecule has 1 fully saturated rings. The largest absolute Gasteiger partial charge is 0.317 e. The molecule has 1 N–H and O–H groups in total. The molecule has 0 aromatic carbocycles. The zero-order valence-electron chi connectivity index (χ0n) is 12.4. The third-order valence-electron chi connectivity index (χ3n) is 4.11. The summed E-state index contributed by atoms with van der Waals surface area (Å²) in [5.41, 5.74) is 0. The van der Waals surface area contributed by atoms with Crippen molar-refractivity contribution in [1.29, 1.82) is 0 Å². The Balaban J connectivity index is 2.26. The molecule has 0 amide bonds. The summed E-state index contributed by atoms with van der Waals surface area (Å²) in [5, 5.41) is 3.40. The summed E-state index contributed by atoms with van der Waals surface area (Å²) in [6.07, 6.45) is 2.62. The quantitative estimate of drug-likeness (QED) is 0.684. The average molecular weight is 241 g/mol. The molecule has 3 nitrogen and oxygen atoms in total. The lowest BCUT2D eigenvalue weighted by Gasteiger charge is -2.26. The molecule has 1 heterocycles. The molecule has 0 radical (unpaired) electrons. The van der Waals surface area contributed by atoms with Gasteiger partial charge in [0.05, 0.1) is 0 Å². The number of nitrogens with zero attached hydrogens (tertiary/aromatic N) is 2. The van der Waals surface area contributed by atoms with Crippen LogP contribution in [-0.2, 0) is 0 Å². The van der Waals surface area contributed by atoms with Crippen LogP contribution < -0.4 is 5.32 Å². The summed E-state index contributed by atoms with van der Waals surface area (Å²) in [4.78, 5) is 5.05. The monoisotopic (exact) mass is 241 g/mol. The number of hydrogen-bond acceptors (Lipinski definition) is 3. The summed E-state index contributed by atoms with van der Waals surface area (Å²) in [7, 11) is 4.42. The van der Waals surface area contributed by atoms with Crippen LogP contribution >= 0.6 is 0 Å². The highest BCUT2D eigenvalue weighted by atomic mass is 15.3. The Hall–Kier alpha value is -0.120.